The van der Waals surface area contributed by atoms with Crippen molar-refractivity contribution in [2.24, 2.45) is 0 Å². The van der Waals surface area contributed by atoms with E-state index >= 15 is 0 Å². The SMILES string of the molecule is Cc1ccc(C(=O)C(Br)C(=O)c2ccc(F)cc2)cc1. The lowest BCUT2D eigenvalue weighted by Crippen LogP contribution is -2.24. The van der Waals surface area contributed by atoms with Gasteiger partial charge in [0.25, 0.3) is 0 Å². The highest BCUT2D eigenvalue weighted by Gasteiger charge is 2.25. The van der Waals surface area contributed by atoms with Crippen LogP contribution >= 0.6 is 15.9 Å². The molecule has 0 spiro atoms. The molecule has 1 unspecified atom stereocenters. The molecule has 20 heavy (non-hydrogen) atoms. The van der Waals surface area contributed by atoms with Crippen LogP contribution in [0, 0.1) is 12.7 Å². The van der Waals surface area contributed by atoms with E-state index in [2.05, 4.69) is 15.9 Å². The van der Waals surface area contributed by atoms with Gasteiger partial charge in [0.1, 0.15) is 10.6 Å². The molecule has 0 fully saturated rings. The van der Waals surface area contributed by atoms with Crippen LogP contribution in [-0.2, 0) is 0 Å². The third kappa shape index (κ3) is 3.20. The maximum Gasteiger partial charge on any atom is 0.184 e. The highest BCUT2D eigenvalue weighted by molar-refractivity contribution is 9.10. The maximum absolute atomic E-state index is 12.8. The molecule has 1 atom stereocenters. The van der Waals surface area contributed by atoms with Crippen molar-refractivity contribution in [1.82, 2.24) is 0 Å². The number of hydrogen-bond donors (Lipinski definition) is 0. The summed E-state index contributed by atoms with van der Waals surface area (Å²) in [7, 11) is 0. The van der Waals surface area contributed by atoms with Crippen LogP contribution < -0.4 is 0 Å². The van der Waals surface area contributed by atoms with Crippen molar-refractivity contribution in [3.63, 3.8) is 0 Å². The number of rotatable bonds is 4. The quantitative estimate of drug-likeness (QED) is 0.481. The summed E-state index contributed by atoms with van der Waals surface area (Å²) in [5.74, 6) is -1.10. The molecule has 0 bridgehead atoms. The minimum atomic E-state index is -0.962. The van der Waals surface area contributed by atoms with E-state index in [0.29, 0.717) is 11.1 Å². The molecule has 2 rings (SSSR count). The average Bonchev–Trinajstić information content (AvgIpc) is 2.46. The van der Waals surface area contributed by atoms with Gasteiger partial charge >= 0.3 is 0 Å². The van der Waals surface area contributed by atoms with Gasteiger partial charge in [-0.3, -0.25) is 9.59 Å². The van der Waals surface area contributed by atoms with Gasteiger partial charge in [-0.2, -0.15) is 0 Å². The molecule has 2 aromatic carbocycles. The van der Waals surface area contributed by atoms with Gasteiger partial charge in [-0.15, -0.1) is 0 Å². The molecule has 0 amide bonds. The molecule has 0 saturated carbocycles. The largest absolute Gasteiger partial charge is 0.292 e. The van der Waals surface area contributed by atoms with Crippen LogP contribution in [0.4, 0.5) is 4.39 Å². The first-order valence-electron chi connectivity index (χ1n) is 6.04. The van der Waals surface area contributed by atoms with Crippen LogP contribution in [-0.4, -0.2) is 16.4 Å². The predicted octanol–water partition coefficient (Wildman–Crippen LogP) is 3.96. The Morgan fingerprint density at radius 3 is 1.75 bits per heavy atom. The monoisotopic (exact) mass is 334 g/mol. The fourth-order valence-corrected chi connectivity index (χ4v) is 2.27. The smallest absolute Gasteiger partial charge is 0.184 e. The van der Waals surface area contributed by atoms with Gasteiger partial charge in [-0.25, -0.2) is 4.39 Å². The van der Waals surface area contributed by atoms with E-state index in [9.17, 15) is 14.0 Å². The van der Waals surface area contributed by atoms with Crippen LogP contribution in [0.15, 0.2) is 48.5 Å². The van der Waals surface area contributed by atoms with Crippen molar-refractivity contribution in [2.75, 3.05) is 0 Å². The first kappa shape index (κ1) is 14.6. The Kier molecular flexibility index (Phi) is 4.45. The molecule has 2 aromatic rings. The normalized spacial score (nSPS) is 11.9. The second-order valence-electron chi connectivity index (χ2n) is 4.46. The Bertz CT molecular complexity index is 575. The number of carbonyl (C=O) groups is 2. The number of halogens is 2. The van der Waals surface area contributed by atoms with Crippen molar-refractivity contribution in [2.45, 2.75) is 11.8 Å². The number of alkyl halides is 1. The van der Waals surface area contributed by atoms with Gasteiger partial charge in [-0.1, -0.05) is 45.8 Å². The number of carbonyl (C=O) groups excluding carboxylic acids is 2. The molecule has 2 nitrogen and oxygen atoms in total. The Morgan fingerprint density at radius 1 is 0.900 bits per heavy atom. The molecule has 4 heteroatoms. The Morgan fingerprint density at radius 2 is 1.30 bits per heavy atom. The summed E-state index contributed by atoms with van der Waals surface area (Å²) in [6.07, 6.45) is 0. The molecule has 0 radical (unpaired) electrons. The lowest BCUT2D eigenvalue weighted by atomic mass is 10.0. The zero-order chi connectivity index (χ0) is 14.7. The number of Topliss-reactive ketones (excluding diaryl/α,β-unsaturated/α-hetero) is 2. The summed E-state index contributed by atoms with van der Waals surface area (Å²) in [6.45, 7) is 1.92. The summed E-state index contributed by atoms with van der Waals surface area (Å²) in [4.78, 5) is 23.4. The summed E-state index contributed by atoms with van der Waals surface area (Å²) < 4.78 is 12.8. The molecular weight excluding hydrogens is 323 g/mol. The first-order chi connectivity index (χ1) is 9.49. The Balaban J connectivity index is 2.20. The van der Waals surface area contributed by atoms with Gasteiger partial charge in [-0.05, 0) is 31.2 Å². The summed E-state index contributed by atoms with van der Waals surface area (Å²) in [6, 6.07) is 12.1. The second kappa shape index (κ2) is 6.09. The van der Waals surface area contributed by atoms with E-state index in [1.807, 2.05) is 19.1 Å². The minimum absolute atomic E-state index is 0.300. The third-order valence-electron chi connectivity index (χ3n) is 2.93. The lowest BCUT2D eigenvalue weighted by Gasteiger charge is -2.08. The molecular formula is C16H12BrFO2. The molecule has 0 N–H and O–H groups in total. The van der Waals surface area contributed by atoms with Crippen molar-refractivity contribution in [3.05, 3.63) is 71.0 Å². The van der Waals surface area contributed by atoms with Gasteiger partial charge in [0, 0.05) is 11.1 Å². The molecule has 0 aliphatic heterocycles. The predicted molar refractivity (Wildman–Crippen MR) is 79.0 cm³/mol. The molecule has 0 aliphatic carbocycles. The van der Waals surface area contributed by atoms with E-state index in [1.165, 1.54) is 24.3 Å². The van der Waals surface area contributed by atoms with Crippen LogP contribution in [0.25, 0.3) is 0 Å². The number of hydrogen-bond acceptors (Lipinski definition) is 2. The number of aryl methyl sites for hydroxylation is 1. The lowest BCUT2D eigenvalue weighted by molar-refractivity contribution is 0.0906. The van der Waals surface area contributed by atoms with Crippen LogP contribution in [0.2, 0.25) is 0 Å². The molecule has 0 aromatic heterocycles. The van der Waals surface area contributed by atoms with Gasteiger partial charge in [0.2, 0.25) is 0 Å². The van der Waals surface area contributed by atoms with E-state index in [0.717, 1.165) is 5.56 Å². The van der Waals surface area contributed by atoms with E-state index in [-0.39, 0.29) is 11.6 Å². The van der Waals surface area contributed by atoms with E-state index < -0.39 is 10.6 Å². The highest BCUT2D eigenvalue weighted by atomic mass is 79.9. The first-order valence-corrected chi connectivity index (χ1v) is 6.95. The van der Waals surface area contributed by atoms with Crippen molar-refractivity contribution < 1.29 is 14.0 Å². The third-order valence-corrected chi connectivity index (χ3v) is 3.76. The van der Waals surface area contributed by atoms with Crippen molar-refractivity contribution in [1.29, 1.82) is 0 Å². The van der Waals surface area contributed by atoms with E-state index in [1.54, 1.807) is 12.1 Å². The van der Waals surface area contributed by atoms with Crippen LogP contribution in [0.1, 0.15) is 26.3 Å². The van der Waals surface area contributed by atoms with Crippen LogP contribution in [0.5, 0.6) is 0 Å². The zero-order valence-electron chi connectivity index (χ0n) is 10.8. The standard InChI is InChI=1S/C16H12BrFO2/c1-10-2-4-11(5-3-10)15(19)14(17)16(20)12-6-8-13(18)9-7-12/h2-9,14H,1H3. The molecule has 102 valence electrons. The summed E-state index contributed by atoms with van der Waals surface area (Å²) in [5.41, 5.74) is 1.80. The molecule has 0 heterocycles. The number of benzene rings is 2. The number of ketones is 2. The Hall–Kier alpha value is -1.81. The maximum atomic E-state index is 12.8. The average molecular weight is 335 g/mol. The summed E-state index contributed by atoms with van der Waals surface area (Å²) >= 11 is 3.13. The second-order valence-corrected chi connectivity index (χ2v) is 5.38. The molecule has 0 saturated heterocycles. The topological polar surface area (TPSA) is 34.1 Å². The fourth-order valence-electron chi connectivity index (χ4n) is 1.74. The molecule has 0 aliphatic rings. The fraction of sp³-hybridized carbons (Fsp3) is 0.125. The van der Waals surface area contributed by atoms with Gasteiger partial charge in [0.05, 0.1) is 0 Å². The van der Waals surface area contributed by atoms with Crippen molar-refractivity contribution >= 4 is 27.5 Å². The van der Waals surface area contributed by atoms with Gasteiger partial charge < -0.3 is 0 Å². The zero-order valence-corrected chi connectivity index (χ0v) is 12.4. The summed E-state index contributed by atoms with van der Waals surface area (Å²) in [5, 5.41) is 0. The minimum Gasteiger partial charge on any atom is -0.292 e. The van der Waals surface area contributed by atoms with Gasteiger partial charge in [0.15, 0.2) is 11.6 Å². The highest BCUT2D eigenvalue weighted by Crippen LogP contribution is 2.17. The van der Waals surface area contributed by atoms with Crippen LogP contribution in [0.3, 0.4) is 0 Å². The van der Waals surface area contributed by atoms with Crippen molar-refractivity contribution in [3.8, 4) is 0 Å². The Labute approximate surface area is 124 Å². The van der Waals surface area contributed by atoms with E-state index in [4.69, 9.17) is 0 Å².